The summed E-state index contributed by atoms with van der Waals surface area (Å²) in [6, 6.07) is 13.2. The molecule has 3 rings (SSSR count). The second kappa shape index (κ2) is 14.3. The summed E-state index contributed by atoms with van der Waals surface area (Å²) in [5.74, 6) is 1.15. The van der Waals surface area contributed by atoms with Crippen molar-refractivity contribution in [2.45, 2.75) is 26.3 Å². The maximum atomic E-state index is 13.1. The zero-order valence-electron chi connectivity index (χ0n) is 22.7. The molecule has 0 aliphatic heterocycles. The van der Waals surface area contributed by atoms with E-state index in [2.05, 4.69) is 10.3 Å². The Labute approximate surface area is 228 Å². The lowest BCUT2D eigenvalue weighted by Crippen LogP contribution is -2.37. The Morgan fingerprint density at radius 1 is 1.03 bits per heavy atom. The minimum atomic E-state index is -0.238. The van der Waals surface area contributed by atoms with Crippen LogP contribution < -0.4 is 14.8 Å². The molecule has 1 aromatic heterocycles. The van der Waals surface area contributed by atoms with Crippen molar-refractivity contribution in [3.63, 3.8) is 0 Å². The number of thiazole rings is 1. The standard InChI is InChI=1S/C28H36N4O5S/c1-6-21-9-7-8-10-22(21)30-28(34)32(15-16-35-3)18-26-29-23(19-38-26)27(33)31(2)14-13-20-11-12-24(36-4)25(17-20)37-5/h7-12,17,19H,6,13-16,18H2,1-5H3,(H,30,34). The highest BCUT2D eigenvalue weighted by Crippen LogP contribution is 2.27. The number of carbonyl (C=O) groups is 2. The predicted molar refractivity (Wildman–Crippen MR) is 149 cm³/mol. The Kier molecular flexibility index (Phi) is 10.9. The molecule has 0 aliphatic rings. The van der Waals surface area contributed by atoms with Crippen molar-refractivity contribution < 1.29 is 23.8 Å². The van der Waals surface area contributed by atoms with Crippen LogP contribution in [0.4, 0.5) is 10.5 Å². The molecule has 0 bridgehead atoms. The van der Waals surface area contributed by atoms with E-state index in [-0.39, 0.29) is 18.5 Å². The van der Waals surface area contributed by atoms with Gasteiger partial charge in [0.05, 0.1) is 27.4 Å². The molecule has 0 unspecified atom stereocenters. The number of benzene rings is 2. The van der Waals surface area contributed by atoms with Crippen molar-refractivity contribution in [1.29, 1.82) is 0 Å². The Hall–Kier alpha value is -3.63. The lowest BCUT2D eigenvalue weighted by Gasteiger charge is -2.22. The predicted octanol–water partition coefficient (Wildman–Crippen LogP) is 4.72. The van der Waals surface area contributed by atoms with Crippen molar-refractivity contribution >= 4 is 29.0 Å². The van der Waals surface area contributed by atoms with Gasteiger partial charge in [0.2, 0.25) is 0 Å². The van der Waals surface area contributed by atoms with Crippen LogP contribution in [-0.4, -0.2) is 74.8 Å². The van der Waals surface area contributed by atoms with Crippen LogP contribution in [0, 0.1) is 0 Å². The van der Waals surface area contributed by atoms with Gasteiger partial charge in [-0.3, -0.25) is 4.79 Å². The third kappa shape index (κ3) is 7.69. The molecule has 0 spiro atoms. The van der Waals surface area contributed by atoms with Gasteiger partial charge in [-0.05, 0) is 42.2 Å². The fraction of sp³-hybridized carbons (Fsp3) is 0.393. The Balaban J connectivity index is 1.62. The number of aromatic nitrogens is 1. The number of nitrogens with zero attached hydrogens (tertiary/aromatic N) is 3. The van der Waals surface area contributed by atoms with Gasteiger partial charge in [-0.15, -0.1) is 11.3 Å². The molecule has 1 heterocycles. The summed E-state index contributed by atoms with van der Waals surface area (Å²) in [6.45, 7) is 3.62. The van der Waals surface area contributed by atoms with Gasteiger partial charge in [0, 0.05) is 38.3 Å². The number of nitrogens with one attached hydrogen (secondary N) is 1. The fourth-order valence-electron chi connectivity index (χ4n) is 3.87. The zero-order valence-corrected chi connectivity index (χ0v) is 23.5. The van der Waals surface area contributed by atoms with Gasteiger partial charge in [-0.2, -0.15) is 0 Å². The summed E-state index contributed by atoms with van der Waals surface area (Å²) in [6.07, 6.45) is 1.47. The van der Waals surface area contributed by atoms with Gasteiger partial charge in [-0.1, -0.05) is 31.2 Å². The molecule has 9 nitrogen and oxygen atoms in total. The third-order valence-electron chi connectivity index (χ3n) is 6.12. The number of likely N-dealkylation sites (N-methyl/N-ethyl adjacent to an activating group) is 1. The van der Waals surface area contributed by atoms with E-state index in [1.807, 2.05) is 49.4 Å². The zero-order chi connectivity index (χ0) is 27.5. The molecule has 0 radical (unpaired) electrons. The SMILES string of the molecule is CCc1ccccc1NC(=O)N(CCOC)Cc1nc(C(=O)N(C)CCc2ccc(OC)c(OC)c2)cs1. The quantitative estimate of drug-likeness (QED) is 0.337. The Bertz CT molecular complexity index is 1220. The second-order valence-corrected chi connectivity index (χ2v) is 9.59. The van der Waals surface area contributed by atoms with Crippen LogP contribution in [0.25, 0.3) is 0 Å². The van der Waals surface area contributed by atoms with Crippen molar-refractivity contribution in [1.82, 2.24) is 14.8 Å². The maximum Gasteiger partial charge on any atom is 0.322 e. The first-order valence-electron chi connectivity index (χ1n) is 12.4. The molecule has 38 heavy (non-hydrogen) atoms. The van der Waals surface area contributed by atoms with E-state index in [4.69, 9.17) is 14.2 Å². The number of para-hydroxylation sites is 1. The second-order valence-electron chi connectivity index (χ2n) is 8.65. The molecule has 10 heteroatoms. The summed E-state index contributed by atoms with van der Waals surface area (Å²) in [5.41, 5.74) is 3.24. The summed E-state index contributed by atoms with van der Waals surface area (Å²) < 4.78 is 15.9. The number of anilines is 1. The van der Waals surface area contributed by atoms with Crippen molar-refractivity contribution in [3.05, 3.63) is 69.7 Å². The van der Waals surface area contributed by atoms with Crippen molar-refractivity contribution in [2.75, 3.05) is 53.4 Å². The number of methoxy groups -OCH3 is 3. The van der Waals surface area contributed by atoms with Crippen molar-refractivity contribution in [3.8, 4) is 11.5 Å². The number of hydrogen-bond donors (Lipinski definition) is 1. The topological polar surface area (TPSA) is 93.2 Å². The van der Waals surface area contributed by atoms with Crippen LogP contribution in [0.2, 0.25) is 0 Å². The number of urea groups is 1. The molecular weight excluding hydrogens is 504 g/mol. The molecule has 2 aromatic carbocycles. The number of ether oxygens (including phenoxy) is 3. The van der Waals surface area contributed by atoms with Gasteiger partial charge < -0.3 is 29.3 Å². The highest BCUT2D eigenvalue weighted by Gasteiger charge is 2.20. The number of carbonyl (C=O) groups excluding carboxylic acids is 2. The van der Waals surface area contributed by atoms with E-state index in [0.717, 1.165) is 23.2 Å². The van der Waals surface area contributed by atoms with Crippen LogP contribution in [0.5, 0.6) is 11.5 Å². The molecule has 0 atom stereocenters. The molecule has 0 aliphatic carbocycles. The largest absolute Gasteiger partial charge is 0.493 e. The van der Waals surface area contributed by atoms with Gasteiger partial charge in [0.15, 0.2) is 11.5 Å². The average Bonchev–Trinajstić information content (AvgIpc) is 3.42. The molecule has 1 N–H and O–H groups in total. The maximum absolute atomic E-state index is 13.1. The van der Waals surface area contributed by atoms with Crippen LogP contribution >= 0.6 is 11.3 Å². The first-order chi connectivity index (χ1) is 18.4. The first kappa shape index (κ1) is 28.9. The van der Waals surface area contributed by atoms with Gasteiger partial charge in [0.25, 0.3) is 5.91 Å². The van der Waals surface area contributed by atoms with Crippen LogP contribution in [-0.2, 0) is 24.1 Å². The summed E-state index contributed by atoms with van der Waals surface area (Å²) in [5, 5.41) is 5.42. The van der Waals surface area contributed by atoms with Crippen molar-refractivity contribution in [2.24, 2.45) is 0 Å². The lowest BCUT2D eigenvalue weighted by atomic mass is 10.1. The summed E-state index contributed by atoms with van der Waals surface area (Å²) >= 11 is 1.36. The minimum Gasteiger partial charge on any atom is -0.493 e. The van der Waals surface area contributed by atoms with Crippen LogP contribution in [0.3, 0.4) is 0 Å². The van der Waals surface area contributed by atoms with E-state index in [9.17, 15) is 9.59 Å². The normalized spacial score (nSPS) is 10.7. The first-order valence-corrected chi connectivity index (χ1v) is 13.3. The number of aryl methyl sites for hydroxylation is 1. The van der Waals surface area contributed by atoms with E-state index >= 15 is 0 Å². The number of amides is 3. The Morgan fingerprint density at radius 2 is 1.79 bits per heavy atom. The molecular formula is C28H36N4O5S. The van der Waals surface area contributed by atoms with E-state index < -0.39 is 0 Å². The molecule has 0 fully saturated rings. The van der Waals surface area contributed by atoms with Gasteiger partial charge in [0.1, 0.15) is 10.7 Å². The highest BCUT2D eigenvalue weighted by molar-refractivity contribution is 7.09. The lowest BCUT2D eigenvalue weighted by molar-refractivity contribution is 0.0791. The van der Waals surface area contributed by atoms with Gasteiger partial charge in [-0.25, -0.2) is 9.78 Å². The Morgan fingerprint density at radius 3 is 2.50 bits per heavy atom. The number of rotatable bonds is 13. The third-order valence-corrected chi connectivity index (χ3v) is 6.95. The molecule has 0 saturated carbocycles. The minimum absolute atomic E-state index is 0.169. The molecule has 3 amide bonds. The van der Waals surface area contributed by atoms with Crippen LogP contribution in [0.15, 0.2) is 47.8 Å². The molecule has 0 saturated heterocycles. The average molecular weight is 541 g/mol. The highest BCUT2D eigenvalue weighted by atomic mass is 32.1. The molecule has 204 valence electrons. The fourth-order valence-corrected chi connectivity index (χ4v) is 4.66. The van der Waals surface area contributed by atoms with Crippen LogP contribution in [0.1, 0.15) is 33.5 Å². The van der Waals surface area contributed by atoms with E-state index in [1.165, 1.54) is 11.3 Å². The summed E-state index contributed by atoms with van der Waals surface area (Å²) in [4.78, 5) is 33.9. The van der Waals surface area contributed by atoms with E-state index in [0.29, 0.717) is 48.3 Å². The smallest absolute Gasteiger partial charge is 0.322 e. The monoisotopic (exact) mass is 540 g/mol. The van der Waals surface area contributed by atoms with E-state index in [1.54, 1.807) is 43.6 Å². The number of hydrogen-bond acceptors (Lipinski definition) is 7. The summed E-state index contributed by atoms with van der Waals surface area (Å²) in [7, 11) is 6.55. The molecule has 3 aromatic rings. The van der Waals surface area contributed by atoms with Gasteiger partial charge >= 0.3 is 6.03 Å².